The molecule has 2 N–H and O–H groups in total. The molecule has 0 aliphatic rings. The number of hydrogen-bond donors (Lipinski definition) is 1. The molecule has 0 fully saturated rings. The topological polar surface area (TPSA) is 67.6 Å². The molecule has 3 aromatic rings. The van der Waals surface area contributed by atoms with Crippen LogP contribution >= 0.6 is 0 Å². The normalized spacial score (nSPS) is 10.7. The van der Waals surface area contributed by atoms with Gasteiger partial charge in [0.25, 0.3) is 0 Å². The summed E-state index contributed by atoms with van der Waals surface area (Å²) in [5.41, 5.74) is 9.20. The Labute approximate surface area is 114 Å². The first-order chi connectivity index (χ1) is 9.61. The Morgan fingerprint density at radius 2 is 2.10 bits per heavy atom. The Morgan fingerprint density at radius 1 is 1.30 bits per heavy atom. The Bertz CT molecular complexity index is 858. The second-order valence-corrected chi connectivity index (χ2v) is 4.52. The van der Waals surface area contributed by atoms with E-state index in [1.165, 1.54) is 12.1 Å². The van der Waals surface area contributed by atoms with Gasteiger partial charge < -0.3 is 5.73 Å². The van der Waals surface area contributed by atoms with Crippen LogP contribution in [0, 0.1) is 24.1 Å². The van der Waals surface area contributed by atoms with Crippen LogP contribution in [0.15, 0.2) is 36.4 Å². The number of nitriles is 1. The molecule has 5 heteroatoms. The van der Waals surface area contributed by atoms with Crippen molar-refractivity contribution in [3.05, 3.63) is 53.3 Å². The van der Waals surface area contributed by atoms with E-state index in [2.05, 4.69) is 4.98 Å². The van der Waals surface area contributed by atoms with E-state index in [4.69, 9.17) is 11.0 Å². The molecule has 0 aliphatic heterocycles. The van der Waals surface area contributed by atoms with Gasteiger partial charge in [0, 0.05) is 0 Å². The predicted octanol–water partition coefficient (Wildman–Crippen LogP) is 2.93. The average Bonchev–Trinajstić information content (AvgIpc) is 2.77. The van der Waals surface area contributed by atoms with Gasteiger partial charge in [-0.25, -0.2) is 9.37 Å². The average molecular weight is 266 g/mol. The number of fused-ring (bicyclic) bond motifs is 1. The van der Waals surface area contributed by atoms with E-state index >= 15 is 0 Å². The van der Waals surface area contributed by atoms with Gasteiger partial charge in [0.05, 0.1) is 22.3 Å². The Morgan fingerprint density at radius 3 is 2.85 bits per heavy atom. The second kappa shape index (κ2) is 4.35. The van der Waals surface area contributed by atoms with Gasteiger partial charge in [0.1, 0.15) is 11.9 Å². The van der Waals surface area contributed by atoms with Crippen LogP contribution in [-0.2, 0) is 0 Å². The molecular formula is C15H11FN4. The number of nitrogens with two attached hydrogens (primary N) is 1. The molecule has 0 amide bonds. The van der Waals surface area contributed by atoms with Crippen molar-refractivity contribution in [1.29, 1.82) is 5.26 Å². The third kappa shape index (κ3) is 1.70. The van der Waals surface area contributed by atoms with Crippen molar-refractivity contribution < 1.29 is 4.39 Å². The molecule has 4 nitrogen and oxygen atoms in total. The number of aryl methyl sites for hydroxylation is 1. The van der Waals surface area contributed by atoms with E-state index < -0.39 is 5.82 Å². The van der Waals surface area contributed by atoms with Gasteiger partial charge >= 0.3 is 0 Å². The van der Waals surface area contributed by atoms with Crippen molar-refractivity contribution >= 4 is 17.0 Å². The summed E-state index contributed by atoms with van der Waals surface area (Å²) in [6.07, 6.45) is 0. The van der Waals surface area contributed by atoms with Crippen LogP contribution in [-0.4, -0.2) is 9.55 Å². The molecule has 0 atom stereocenters. The fraction of sp³-hybridized carbons (Fsp3) is 0.0667. The van der Waals surface area contributed by atoms with E-state index in [1.54, 1.807) is 10.6 Å². The highest BCUT2D eigenvalue weighted by molar-refractivity contribution is 5.83. The van der Waals surface area contributed by atoms with Gasteiger partial charge in [-0.1, -0.05) is 12.1 Å². The minimum atomic E-state index is -0.545. The summed E-state index contributed by atoms with van der Waals surface area (Å²) in [6, 6.07) is 11.9. The van der Waals surface area contributed by atoms with Crippen molar-refractivity contribution in [3.8, 4) is 11.8 Å². The van der Waals surface area contributed by atoms with Crippen LogP contribution in [0.1, 0.15) is 11.1 Å². The number of halogens is 1. The molecular weight excluding hydrogens is 255 g/mol. The lowest BCUT2D eigenvalue weighted by Gasteiger charge is -2.08. The molecule has 0 saturated heterocycles. The zero-order chi connectivity index (χ0) is 14.3. The number of benzene rings is 2. The lowest BCUT2D eigenvalue weighted by Crippen LogP contribution is -2.02. The van der Waals surface area contributed by atoms with E-state index in [-0.39, 0.29) is 5.56 Å². The highest BCUT2D eigenvalue weighted by atomic mass is 19.1. The summed E-state index contributed by atoms with van der Waals surface area (Å²) >= 11 is 0. The Kier molecular flexibility index (Phi) is 2.65. The summed E-state index contributed by atoms with van der Waals surface area (Å²) in [6.45, 7) is 1.95. The van der Waals surface area contributed by atoms with E-state index in [0.717, 1.165) is 16.6 Å². The van der Waals surface area contributed by atoms with Crippen molar-refractivity contribution in [2.45, 2.75) is 6.92 Å². The van der Waals surface area contributed by atoms with Crippen LogP contribution in [0.2, 0.25) is 0 Å². The molecule has 3 rings (SSSR count). The molecule has 0 unspecified atom stereocenters. The highest BCUT2D eigenvalue weighted by Crippen LogP contribution is 2.26. The summed E-state index contributed by atoms with van der Waals surface area (Å²) in [4.78, 5) is 4.29. The number of nitrogen functional groups attached to an aromatic ring is 1. The van der Waals surface area contributed by atoms with Gasteiger partial charge in [-0.3, -0.25) is 4.57 Å². The Balaban J connectivity index is 2.35. The van der Waals surface area contributed by atoms with Crippen LogP contribution in [0.3, 0.4) is 0 Å². The molecule has 0 spiro atoms. The molecule has 1 aromatic heterocycles. The zero-order valence-corrected chi connectivity index (χ0v) is 10.8. The number of para-hydroxylation sites is 1. The standard InChI is InChI=1S/C15H11FN4/c1-9-3-2-4-13-14(9)20(15(18)19-13)11-5-6-12(16)10(7-11)8-17/h2-7H,1H3,(H2,18,19). The van der Waals surface area contributed by atoms with Crippen LogP contribution in [0.4, 0.5) is 10.3 Å². The summed E-state index contributed by atoms with van der Waals surface area (Å²) in [5, 5.41) is 8.93. The van der Waals surface area contributed by atoms with Gasteiger partial charge in [-0.05, 0) is 36.8 Å². The van der Waals surface area contributed by atoms with Gasteiger partial charge in [0.15, 0.2) is 0 Å². The first-order valence-electron chi connectivity index (χ1n) is 6.05. The van der Waals surface area contributed by atoms with Crippen molar-refractivity contribution in [3.63, 3.8) is 0 Å². The second-order valence-electron chi connectivity index (χ2n) is 4.52. The lowest BCUT2D eigenvalue weighted by atomic mass is 10.1. The van der Waals surface area contributed by atoms with E-state index in [0.29, 0.717) is 11.6 Å². The molecule has 0 radical (unpaired) electrons. The number of hydrogen-bond acceptors (Lipinski definition) is 3. The highest BCUT2D eigenvalue weighted by Gasteiger charge is 2.13. The predicted molar refractivity (Wildman–Crippen MR) is 74.9 cm³/mol. The van der Waals surface area contributed by atoms with Crippen LogP contribution in [0.5, 0.6) is 0 Å². The minimum Gasteiger partial charge on any atom is -0.369 e. The van der Waals surface area contributed by atoms with E-state index in [1.807, 2.05) is 31.2 Å². The summed E-state index contributed by atoms with van der Waals surface area (Å²) < 4.78 is 15.2. The Hall–Kier alpha value is -2.87. The van der Waals surface area contributed by atoms with Crippen LogP contribution < -0.4 is 5.73 Å². The maximum atomic E-state index is 13.4. The molecule has 98 valence electrons. The van der Waals surface area contributed by atoms with Gasteiger partial charge in [0.2, 0.25) is 5.95 Å². The van der Waals surface area contributed by atoms with Crippen molar-refractivity contribution in [2.75, 3.05) is 5.73 Å². The van der Waals surface area contributed by atoms with E-state index in [9.17, 15) is 4.39 Å². The first-order valence-corrected chi connectivity index (χ1v) is 6.05. The lowest BCUT2D eigenvalue weighted by molar-refractivity contribution is 0.623. The SMILES string of the molecule is Cc1cccc2nc(N)n(-c3ccc(F)c(C#N)c3)c12. The maximum Gasteiger partial charge on any atom is 0.205 e. The monoisotopic (exact) mass is 266 g/mol. The fourth-order valence-corrected chi connectivity index (χ4v) is 2.31. The zero-order valence-electron chi connectivity index (χ0n) is 10.8. The van der Waals surface area contributed by atoms with Crippen molar-refractivity contribution in [2.24, 2.45) is 0 Å². The van der Waals surface area contributed by atoms with Gasteiger partial charge in [-0.15, -0.1) is 0 Å². The molecule has 0 aliphatic carbocycles. The van der Waals surface area contributed by atoms with Crippen LogP contribution in [0.25, 0.3) is 16.7 Å². The molecule has 0 bridgehead atoms. The third-order valence-electron chi connectivity index (χ3n) is 3.23. The number of anilines is 1. The van der Waals surface area contributed by atoms with Gasteiger partial charge in [-0.2, -0.15) is 5.26 Å². The largest absolute Gasteiger partial charge is 0.369 e. The minimum absolute atomic E-state index is 0.0164. The quantitative estimate of drug-likeness (QED) is 0.736. The maximum absolute atomic E-state index is 13.4. The molecule has 0 saturated carbocycles. The summed E-state index contributed by atoms with van der Waals surface area (Å²) in [7, 11) is 0. The smallest absolute Gasteiger partial charge is 0.205 e. The number of nitrogens with zero attached hydrogens (tertiary/aromatic N) is 3. The number of imidazole rings is 1. The fourth-order valence-electron chi connectivity index (χ4n) is 2.31. The molecule has 20 heavy (non-hydrogen) atoms. The number of rotatable bonds is 1. The third-order valence-corrected chi connectivity index (χ3v) is 3.23. The van der Waals surface area contributed by atoms with Crippen molar-refractivity contribution in [1.82, 2.24) is 9.55 Å². The summed E-state index contributed by atoms with van der Waals surface area (Å²) in [5.74, 6) is -0.235. The molecule has 1 heterocycles. The first kappa shape index (κ1) is 12.2. The number of aromatic nitrogens is 2. The molecule has 2 aromatic carbocycles.